The van der Waals surface area contributed by atoms with Crippen molar-refractivity contribution in [1.82, 2.24) is 9.36 Å². The molecule has 150 valence electrons. The summed E-state index contributed by atoms with van der Waals surface area (Å²) in [7, 11) is 4.86. The van der Waals surface area contributed by atoms with Crippen molar-refractivity contribution in [2.75, 3.05) is 19.5 Å². The summed E-state index contributed by atoms with van der Waals surface area (Å²) in [4.78, 5) is 25.3. The zero-order valence-electron chi connectivity index (χ0n) is 16.8. The van der Waals surface area contributed by atoms with E-state index in [-0.39, 0.29) is 11.3 Å². The van der Waals surface area contributed by atoms with Gasteiger partial charge in [-0.15, -0.1) is 0 Å². The maximum Gasteiger partial charge on any atom is 0.295 e. The molecule has 0 spiro atoms. The maximum atomic E-state index is 12.8. The fourth-order valence-corrected chi connectivity index (χ4v) is 3.02. The molecule has 0 aliphatic heterocycles. The zero-order chi connectivity index (χ0) is 21.0. The van der Waals surface area contributed by atoms with Crippen LogP contribution in [-0.4, -0.2) is 29.4 Å². The van der Waals surface area contributed by atoms with Crippen LogP contribution >= 0.6 is 0 Å². The van der Waals surface area contributed by atoms with Gasteiger partial charge in [-0.3, -0.25) is 14.3 Å². The van der Waals surface area contributed by atoms with Crippen LogP contribution in [0.15, 0.2) is 65.6 Å². The highest BCUT2D eigenvalue weighted by atomic mass is 16.5. The molecule has 3 aromatic rings. The summed E-state index contributed by atoms with van der Waals surface area (Å²) >= 11 is 0. The number of nitrogens with one attached hydrogen (secondary N) is 1. The first kappa shape index (κ1) is 20.0. The smallest absolute Gasteiger partial charge is 0.295 e. The van der Waals surface area contributed by atoms with E-state index in [9.17, 15) is 9.59 Å². The van der Waals surface area contributed by atoms with Gasteiger partial charge in [-0.25, -0.2) is 4.68 Å². The number of ketones is 1. The molecule has 0 saturated carbocycles. The third-order valence-electron chi connectivity index (χ3n) is 4.68. The van der Waals surface area contributed by atoms with Gasteiger partial charge in [0, 0.05) is 24.9 Å². The van der Waals surface area contributed by atoms with Gasteiger partial charge in [0.15, 0.2) is 17.3 Å². The number of benzene rings is 2. The second-order valence-electron chi connectivity index (χ2n) is 6.35. The lowest BCUT2D eigenvalue weighted by Crippen LogP contribution is -2.20. The predicted octanol–water partition coefficient (Wildman–Crippen LogP) is 3.31. The largest absolute Gasteiger partial charge is 0.493 e. The number of anilines is 1. The van der Waals surface area contributed by atoms with E-state index in [0.717, 1.165) is 11.4 Å². The number of methoxy groups -OCH3 is 2. The van der Waals surface area contributed by atoms with Gasteiger partial charge in [0.05, 0.1) is 25.6 Å². The fourth-order valence-electron chi connectivity index (χ4n) is 3.02. The van der Waals surface area contributed by atoms with Gasteiger partial charge in [-0.2, -0.15) is 0 Å². The summed E-state index contributed by atoms with van der Waals surface area (Å²) < 4.78 is 13.7. The first-order valence-corrected chi connectivity index (χ1v) is 9.01. The Balaban J connectivity index is 1.82. The van der Waals surface area contributed by atoms with Crippen LogP contribution in [0.1, 0.15) is 16.1 Å². The number of carbonyl (C=O) groups is 1. The molecule has 0 fully saturated rings. The number of nitrogens with zero attached hydrogens (tertiary/aromatic N) is 2. The van der Waals surface area contributed by atoms with Crippen molar-refractivity contribution in [3.05, 3.63) is 82.4 Å². The van der Waals surface area contributed by atoms with Crippen LogP contribution in [0, 0.1) is 6.92 Å². The second-order valence-corrected chi connectivity index (χ2v) is 6.35. The van der Waals surface area contributed by atoms with Crippen molar-refractivity contribution in [2.45, 2.75) is 6.92 Å². The minimum absolute atomic E-state index is 0.195. The average molecular weight is 393 g/mol. The van der Waals surface area contributed by atoms with Gasteiger partial charge in [-0.1, -0.05) is 18.2 Å². The Labute approximate surface area is 168 Å². The topological polar surface area (TPSA) is 74.5 Å². The van der Waals surface area contributed by atoms with E-state index in [2.05, 4.69) is 5.32 Å². The van der Waals surface area contributed by atoms with Gasteiger partial charge in [0.2, 0.25) is 0 Å². The average Bonchev–Trinajstić information content (AvgIpc) is 2.96. The summed E-state index contributed by atoms with van der Waals surface area (Å²) in [5.74, 6) is 0.798. The molecular formula is C22H23N3O4. The maximum absolute atomic E-state index is 12.8. The fraction of sp³-hybridized carbons (Fsp3) is 0.182. The molecule has 0 unspecified atom stereocenters. The molecule has 7 heteroatoms. The highest BCUT2D eigenvalue weighted by Crippen LogP contribution is 2.27. The second kappa shape index (κ2) is 8.52. The van der Waals surface area contributed by atoms with Crippen molar-refractivity contribution in [2.24, 2.45) is 7.05 Å². The zero-order valence-corrected chi connectivity index (χ0v) is 16.8. The molecule has 0 saturated heterocycles. The molecule has 1 heterocycles. The van der Waals surface area contributed by atoms with E-state index in [1.807, 2.05) is 44.3 Å². The van der Waals surface area contributed by atoms with Crippen molar-refractivity contribution in [3.63, 3.8) is 0 Å². The predicted molar refractivity (Wildman–Crippen MR) is 112 cm³/mol. The quantitative estimate of drug-likeness (QED) is 0.492. The number of rotatable bonds is 7. The number of ether oxygens (including phenoxy) is 2. The number of allylic oxidation sites excluding steroid dienone is 1. The highest BCUT2D eigenvalue weighted by molar-refractivity contribution is 6.05. The monoisotopic (exact) mass is 393 g/mol. The third-order valence-corrected chi connectivity index (χ3v) is 4.68. The Morgan fingerprint density at radius 3 is 2.38 bits per heavy atom. The van der Waals surface area contributed by atoms with Gasteiger partial charge >= 0.3 is 0 Å². The Bertz CT molecular complexity index is 1110. The summed E-state index contributed by atoms with van der Waals surface area (Å²) in [5, 5.41) is 2.95. The minimum Gasteiger partial charge on any atom is -0.493 e. The molecule has 2 aromatic carbocycles. The van der Waals surface area contributed by atoms with Crippen molar-refractivity contribution >= 4 is 11.5 Å². The molecule has 0 bridgehead atoms. The highest BCUT2D eigenvalue weighted by Gasteiger charge is 2.15. The molecule has 0 atom stereocenters. The van der Waals surface area contributed by atoms with E-state index < -0.39 is 0 Å². The Morgan fingerprint density at radius 1 is 1.03 bits per heavy atom. The Morgan fingerprint density at radius 2 is 1.72 bits per heavy atom. The number of para-hydroxylation sites is 1. The SMILES string of the molecule is COc1ccc(C(=O)/C=C\Nc2c(C)n(C)n(-c3ccccc3)c2=O)cc1OC. The van der Waals surface area contributed by atoms with E-state index in [0.29, 0.717) is 22.7 Å². The molecule has 7 nitrogen and oxygen atoms in total. The third kappa shape index (κ3) is 3.94. The number of carbonyl (C=O) groups excluding carboxylic acids is 1. The lowest BCUT2D eigenvalue weighted by molar-refractivity contribution is 0.104. The Kier molecular flexibility index (Phi) is 5.87. The van der Waals surface area contributed by atoms with E-state index in [4.69, 9.17) is 9.47 Å². The van der Waals surface area contributed by atoms with Crippen LogP contribution in [0.5, 0.6) is 11.5 Å². The van der Waals surface area contributed by atoms with Gasteiger partial charge < -0.3 is 14.8 Å². The first-order chi connectivity index (χ1) is 14.0. The minimum atomic E-state index is -0.226. The lowest BCUT2D eigenvalue weighted by atomic mass is 10.1. The number of hydrogen-bond donors (Lipinski definition) is 1. The van der Waals surface area contributed by atoms with E-state index in [1.54, 1.807) is 27.6 Å². The van der Waals surface area contributed by atoms with Crippen LogP contribution in [-0.2, 0) is 7.05 Å². The molecule has 29 heavy (non-hydrogen) atoms. The lowest BCUT2D eigenvalue weighted by Gasteiger charge is -2.08. The molecular weight excluding hydrogens is 370 g/mol. The van der Waals surface area contributed by atoms with Crippen LogP contribution in [0.4, 0.5) is 5.69 Å². The van der Waals surface area contributed by atoms with Gasteiger partial charge in [0.25, 0.3) is 5.56 Å². The summed E-state index contributed by atoms with van der Waals surface area (Å²) in [6.45, 7) is 1.84. The van der Waals surface area contributed by atoms with Crippen molar-refractivity contribution in [1.29, 1.82) is 0 Å². The standard InChI is InChI=1S/C22H23N3O4/c1-15-21(22(27)25(24(15)2)17-8-6-5-7-9-17)23-13-12-18(26)16-10-11-19(28-3)20(14-16)29-4/h5-14,23H,1-4H3/b13-12-. The molecule has 3 rings (SSSR count). The number of hydrogen-bond acceptors (Lipinski definition) is 5. The molecule has 0 aliphatic rings. The van der Waals surface area contributed by atoms with Crippen molar-refractivity contribution in [3.8, 4) is 17.2 Å². The Hall–Kier alpha value is -3.74. The summed E-state index contributed by atoms with van der Waals surface area (Å²) in [5.41, 5.74) is 2.18. The van der Waals surface area contributed by atoms with Crippen LogP contribution < -0.4 is 20.3 Å². The normalized spacial score (nSPS) is 10.9. The molecule has 0 radical (unpaired) electrons. The number of aromatic nitrogens is 2. The molecule has 1 aromatic heterocycles. The van der Waals surface area contributed by atoms with Gasteiger partial charge in [0.1, 0.15) is 5.69 Å². The first-order valence-electron chi connectivity index (χ1n) is 9.01. The van der Waals surface area contributed by atoms with Crippen LogP contribution in [0.2, 0.25) is 0 Å². The van der Waals surface area contributed by atoms with E-state index >= 15 is 0 Å². The summed E-state index contributed by atoms with van der Waals surface area (Å²) in [6, 6.07) is 14.3. The van der Waals surface area contributed by atoms with Gasteiger partial charge in [-0.05, 0) is 37.3 Å². The van der Waals surface area contributed by atoms with E-state index in [1.165, 1.54) is 26.5 Å². The van der Waals surface area contributed by atoms with Crippen molar-refractivity contribution < 1.29 is 14.3 Å². The van der Waals surface area contributed by atoms with Crippen LogP contribution in [0.25, 0.3) is 5.69 Å². The molecule has 0 amide bonds. The van der Waals surface area contributed by atoms with Crippen LogP contribution in [0.3, 0.4) is 0 Å². The molecule has 1 N–H and O–H groups in total. The summed E-state index contributed by atoms with van der Waals surface area (Å²) in [6.07, 6.45) is 2.85. The molecule has 0 aliphatic carbocycles.